The van der Waals surface area contributed by atoms with Gasteiger partial charge < -0.3 is 0 Å². The summed E-state index contributed by atoms with van der Waals surface area (Å²) in [6, 6.07) is 2.71. The molecule has 4 aliphatic rings. The van der Waals surface area contributed by atoms with Crippen molar-refractivity contribution in [3.05, 3.63) is 0 Å². The highest BCUT2D eigenvalue weighted by atomic mass is 16.7. The summed E-state index contributed by atoms with van der Waals surface area (Å²) in [5.74, 6) is 0. The molecule has 0 aromatic carbocycles. The van der Waals surface area contributed by atoms with Gasteiger partial charge in [0.05, 0.1) is 13.2 Å². The number of rotatable bonds is 11. The van der Waals surface area contributed by atoms with Crippen LogP contribution < -0.4 is 0 Å². The molecule has 4 heteroatoms. The predicted octanol–water partition coefficient (Wildman–Crippen LogP) is 7.56. The van der Waals surface area contributed by atoms with Gasteiger partial charge in [0.25, 0.3) is 0 Å². The summed E-state index contributed by atoms with van der Waals surface area (Å²) in [5, 5.41) is 4.99. The topological polar surface area (TPSA) is 24.9 Å². The fraction of sp³-hybridized carbons (Fsp3) is 1.00. The lowest BCUT2D eigenvalue weighted by molar-refractivity contribution is -0.232. The molecular weight excluding hydrogens is 396 g/mol. The molecule has 0 N–H and O–H groups in total. The van der Waals surface area contributed by atoms with E-state index < -0.39 is 0 Å². The predicted molar refractivity (Wildman–Crippen MR) is 132 cm³/mol. The van der Waals surface area contributed by atoms with Crippen LogP contribution >= 0.6 is 0 Å². The van der Waals surface area contributed by atoms with Crippen molar-refractivity contribution in [1.29, 1.82) is 0 Å². The van der Waals surface area contributed by atoms with Crippen molar-refractivity contribution in [2.75, 3.05) is 13.2 Å². The Kier molecular flexibility index (Phi) is 11.1. The molecule has 32 heavy (non-hydrogen) atoms. The van der Waals surface area contributed by atoms with Gasteiger partial charge >= 0.3 is 0 Å². The van der Waals surface area contributed by atoms with Crippen LogP contribution in [-0.4, -0.2) is 47.5 Å². The van der Waals surface area contributed by atoms with Gasteiger partial charge in [-0.2, -0.15) is 10.1 Å². The first kappa shape index (κ1) is 24.9. The van der Waals surface area contributed by atoms with Gasteiger partial charge in [0.2, 0.25) is 0 Å². The lowest BCUT2D eigenvalue weighted by Crippen LogP contribution is -2.45. The second kappa shape index (κ2) is 14.3. The fourth-order valence-electron chi connectivity index (χ4n) is 6.90. The highest BCUT2D eigenvalue weighted by molar-refractivity contribution is 4.80. The molecular formula is C28H52N2O2. The molecule has 4 nitrogen and oxygen atoms in total. The molecule has 0 heterocycles. The summed E-state index contributed by atoms with van der Waals surface area (Å²) in [7, 11) is 0. The van der Waals surface area contributed by atoms with Gasteiger partial charge in [-0.1, -0.05) is 77.0 Å². The van der Waals surface area contributed by atoms with Crippen molar-refractivity contribution < 1.29 is 9.68 Å². The van der Waals surface area contributed by atoms with Crippen LogP contribution in [0.3, 0.4) is 0 Å². The zero-order valence-electron chi connectivity index (χ0n) is 21.0. The summed E-state index contributed by atoms with van der Waals surface area (Å²) < 4.78 is 0. The Balaban J connectivity index is 1.19. The minimum absolute atomic E-state index is 0.677. The third kappa shape index (κ3) is 7.68. The van der Waals surface area contributed by atoms with Crippen LogP contribution in [-0.2, 0) is 9.68 Å². The molecule has 0 amide bonds. The highest BCUT2D eigenvalue weighted by Gasteiger charge is 2.31. The van der Waals surface area contributed by atoms with E-state index in [0.717, 1.165) is 26.1 Å². The molecule has 4 aliphatic carbocycles. The number of unbranched alkanes of at least 4 members (excludes halogenated alkanes) is 1. The lowest BCUT2D eigenvalue weighted by atomic mass is 9.90. The first-order valence-corrected chi connectivity index (χ1v) is 14.7. The van der Waals surface area contributed by atoms with Crippen LogP contribution in [0.25, 0.3) is 0 Å². The minimum Gasteiger partial charge on any atom is -0.298 e. The summed E-state index contributed by atoms with van der Waals surface area (Å²) in [6.45, 7) is 1.76. The minimum atomic E-state index is 0.677. The van der Waals surface area contributed by atoms with E-state index in [9.17, 15) is 0 Å². The summed E-state index contributed by atoms with van der Waals surface area (Å²) in [6.07, 6.45) is 29.8. The van der Waals surface area contributed by atoms with Gasteiger partial charge in [-0.25, -0.2) is 0 Å². The van der Waals surface area contributed by atoms with E-state index in [2.05, 4.69) is 10.1 Å². The maximum atomic E-state index is 6.52. The fourth-order valence-corrected chi connectivity index (χ4v) is 6.90. The molecule has 0 unspecified atom stereocenters. The first-order valence-electron chi connectivity index (χ1n) is 14.7. The normalized spacial score (nSPS) is 25.7. The van der Waals surface area contributed by atoms with E-state index in [1.165, 1.54) is 128 Å². The zero-order valence-corrected chi connectivity index (χ0v) is 21.0. The van der Waals surface area contributed by atoms with Gasteiger partial charge in [-0.3, -0.25) is 9.68 Å². The Hall–Kier alpha value is -0.160. The summed E-state index contributed by atoms with van der Waals surface area (Å²) >= 11 is 0. The Labute approximate surface area is 198 Å². The molecule has 186 valence electrons. The van der Waals surface area contributed by atoms with Crippen molar-refractivity contribution in [2.24, 2.45) is 0 Å². The van der Waals surface area contributed by atoms with E-state index in [4.69, 9.17) is 9.68 Å². The van der Waals surface area contributed by atoms with Gasteiger partial charge in [-0.05, 0) is 64.2 Å². The van der Waals surface area contributed by atoms with Gasteiger partial charge in [0, 0.05) is 24.2 Å². The van der Waals surface area contributed by atoms with Crippen molar-refractivity contribution in [3.8, 4) is 0 Å². The number of nitrogens with zero attached hydrogens (tertiary/aromatic N) is 2. The van der Waals surface area contributed by atoms with Crippen molar-refractivity contribution in [1.82, 2.24) is 10.1 Å². The number of hydroxylamine groups is 4. The Morgan fingerprint density at radius 3 is 0.875 bits per heavy atom. The van der Waals surface area contributed by atoms with E-state index in [-0.39, 0.29) is 0 Å². The highest BCUT2D eigenvalue weighted by Crippen LogP contribution is 2.32. The third-order valence-corrected chi connectivity index (χ3v) is 8.76. The van der Waals surface area contributed by atoms with Gasteiger partial charge in [0.15, 0.2) is 0 Å². The molecule has 0 bridgehead atoms. The van der Waals surface area contributed by atoms with Crippen LogP contribution in [0.2, 0.25) is 0 Å². The van der Waals surface area contributed by atoms with Gasteiger partial charge in [0.1, 0.15) is 0 Å². The number of hydrogen-bond donors (Lipinski definition) is 0. The molecule has 4 fully saturated rings. The molecule has 4 saturated carbocycles. The quantitative estimate of drug-likeness (QED) is 0.240. The van der Waals surface area contributed by atoms with Crippen LogP contribution in [0.4, 0.5) is 0 Å². The molecule has 0 aromatic heterocycles. The van der Waals surface area contributed by atoms with Crippen LogP contribution in [0, 0.1) is 0 Å². The second-order valence-electron chi connectivity index (χ2n) is 11.3. The molecule has 0 saturated heterocycles. The standard InChI is InChI=1S/C28H52N2O2/c1-5-15-25(16-6-1)29(26-17-7-2-8-18-26)31-23-13-14-24-32-30(27-19-9-3-10-20-27)28-21-11-4-12-22-28/h25-28H,1-24H2. The lowest BCUT2D eigenvalue weighted by Gasteiger charge is -2.41. The molecule has 0 atom stereocenters. The average Bonchev–Trinajstić information content (AvgIpc) is 2.88. The number of hydrogen-bond acceptors (Lipinski definition) is 4. The van der Waals surface area contributed by atoms with Crippen molar-refractivity contribution in [3.63, 3.8) is 0 Å². The van der Waals surface area contributed by atoms with Crippen LogP contribution in [0.15, 0.2) is 0 Å². The van der Waals surface area contributed by atoms with E-state index in [1.807, 2.05) is 0 Å². The molecule has 0 aromatic rings. The van der Waals surface area contributed by atoms with Gasteiger partial charge in [-0.15, -0.1) is 0 Å². The molecule has 4 rings (SSSR count). The summed E-state index contributed by atoms with van der Waals surface area (Å²) in [5.41, 5.74) is 0. The van der Waals surface area contributed by atoms with Crippen LogP contribution in [0.1, 0.15) is 141 Å². The van der Waals surface area contributed by atoms with E-state index in [0.29, 0.717) is 24.2 Å². The molecule has 0 spiro atoms. The molecule has 0 radical (unpaired) electrons. The Morgan fingerprint density at radius 1 is 0.375 bits per heavy atom. The maximum Gasteiger partial charge on any atom is 0.0686 e. The van der Waals surface area contributed by atoms with Crippen molar-refractivity contribution >= 4 is 0 Å². The first-order chi connectivity index (χ1) is 15.9. The Morgan fingerprint density at radius 2 is 0.625 bits per heavy atom. The van der Waals surface area contributed by atoms with E-state index >= 15 is 0 Å². The Bertz CT molecular complexity index is 398. The second-order valence-corrected chi connectivity index (χ2v) is 11.3. The summed E-state index contributed by atoms with van der Waals surface area (Å²) in [4.78, 5) is 13.0. The third-order valence-electron chi connectivity index (χ3n) is 8.76. The molecule has 0 aliphatic heterocycles. The van der Waals surface area contributed by atoms with Crippen molar-refractivity contribution in [2.45, 2.75) is 165 Å². The largest absolute Gasteiger partial charge is 0.298 e. The smallest absolute Gasteiger partial charge is 0.0686 e. The zero-order chi connectivity index (χ0) is 21.8. The SMILES string of the molecule is C1CCC(N(OCCCCON(C2CCCCC2)C2CCCCC2)C2CCCCC2)CC1. The monoisotopic (exact) mass is 448 g/mol. The van der Waals surface area contributed by atoms with Crippen LogP contribution in [0.5, 0.6) is 0 Å². The average molecular weight is 449 g/mol. The maximum absolute atomic E-state index is 6.52. The van der Waals surface area contributed by atoms with E-state index in [1.54, 1.807) is 0 Å².